The van der Waals surface area contributed by atoms with Crippen LogP contribution < -0.4 is 5.32 Å². The Balaban J connectivity index is 2.16. The van der Waals surface area contributed by atoms with Crippen LogP contribution in [0.2, 0.25) is 0 Å². The largest absolute Gasteiger partial charge is 0.332 e. The van der Waals surface area contributed by atoms with E-state index < -0.39 is 6.04 Å². The van der Waals surface area contributed by atoms with Gasteiger partial charge in [0, 0.05) is 4.47 Å². The summed E-state index contributed by atoms with van der Waals surface area (Å²) in [6.45, 7) is 0. The first-order valence-corrected chi connectivity index (χ1v) is 6.88. The van der Waals surface area contributed by atoms with E-state index in [1.54, 1.807) is 0 Å². The molecule has 1 unspecified atom stereocenters. The number of rotatable bonds is 3. The van der Waals surface area contributed by atoms with E-state index in [0.717, 1.165) is 10.0 Å². The van der Waals surface area contributed by atoms with Gasteiger partial charge < -0.3 is 5.32 Å². The number of hydrogen-bond acceptors (Lipinski definition) is 3. The Labute approximate surface area is 117 Å². The number of benzene rings is 1. The number of nitriles is 1. The highest BCUT2D eigenvalue weighted by molar-refractivity contribution is 9.10. The van der Waals surface area contributed by atoms with Crippen molar-refractivity contribution in [1.29, 1.82) is 5.26 Å². The van der Waals surface area contributed by atoms with Crippen LogP contribution in [0.1, 0.15) is 21.3 Å². The van der Waals surface area contributed by atoms with Gasteiger partial charge in [0.15, 0.2) is 0 Å². The Morgan fingerprint density at radius 3 is 2.61 bits per heavy atom. The lowest BCUT2D eigenvalue weighted by Gasteiger charge is -2.11. The van der Waals surface area contributed by atoms with Crippen molar-refractivity contribution in [2.75, 3.05) is 0 Å². The van der Waals surface area contributed by atoms with Crippen LogP contribution in [-0.4, -0.2) is 5.91 Å². The zero-order chi connectivity index (χ0) is 13.0. The molecule has 0 aliphatic rings. The molecule has 1 aromatic heterocycles. The highest BCUT2D eigenvalue weighted by atomic mass is 79.9. The average molecular weight is 321 g/mol. The Morgan fingerprint density at radius 1 is 1.33 bits per heavy atom. The van der Waals surface area contributed by atoms with Gasteiger partial charge in [0.1, 0.15) is 10.9 Å². The number of nitrogens with zero attached hydrogens (tertiary/aromatic N) is 1. The van der Waals surface area contributed by atoms with Crippen molar-refractivity contribution in [3.05, 3.63) is 56.7 Å². The second-order valence-electron chi connectivity index (χ2n) is 3.54. The maximum atomic E-state index is 12.0. The molecule has 1 atom stereocenters. The van der Waals surface area contributed by atoms with E-state index in [4.69, 9.17) is 5.26 Å². The average Bonchev–Trinajstić information content (AvgIpc) is 2.83. The predicted molar refractivity (Wildman–Crippen MR) is 74.3 cm³/mol. The minimum Gasteiger partial charge on any atom is -0.332 e. The van der Waals surface area contributed by atoms with Crippen LogP contribution in [0.3, 0.4) is 0 Å². The topological polar surface area (TPSA) is 52.9 Å². The summed E-state index contributed by atoms with van der Waals surface area (Å²) >= 11 is 4.64. The lowest BCUT2D eigenvalue weighted by molar-refractivity contribution is 0.0948. The van der Waals surface area contributed by atoms with Gasteiger partial charge >= 0.3 is 0 Å². The maximum Gasteiger partial charge on any atom is 0.263 e. The summed E-state index contributed by atoms with van der Waals surface area (Å²) in [5, 5.41) is 13.7. The Hall–Kier alpha value is -1.64. The van der Waals surface area contributed by atoms with Crippen molar-refractivity contribution in [3.8, 4) is 6.07 Å². The molecule has 2 aromatic rings. The molecular formula is C13H9BrN2OS. The molecule has 1 N–H and O–H groups in total. The smallest absolute Gasteiger partial charge is 0.263 e. The summed E-state index contributed by atoms with van der Waals surface area (Å²) < 4.78 is 0.745. The van der Waals surface area contributed by atoms with E-state index in [1.165, 1.54) is 11.3 Å². The normalized spacial score (nSPS) is 11.6. The fourth-order valence-corrected chi connectivity index (χ4v) is 2.94. The van der Waals surface area contributed by atoms with E-state index in [2.05, 4.69) is 27.3 Å². The molecule has 0 saturated heterocycles. The Bertz CT molecular complexity index is 589. The molecule has 0 saturated carbocycles. The maximum absolute atomic E-state index is 12.0. The van der Waals surface area contributed by atoms with Crippen LogP contribution in [0.5, 0.6) is 0 Å². The SMILES string of the molecule is N#CC(NC(=O)c1sccc1Br)c1ccccc1. The molecule has 0 aliphatic heterocycles. The molecule has 0 fully saturated rings. The van der Waals surface area contributed by atoms with Gasteiger partial charge in [-0.15, -0.1) is 11.3 Å². The van der Waals surface area contributed by atoms with Crippen LogP contribution in [0.4, 0.5) is 0 Å². The Morgan fingerprint density at radius 2 is 2.06 bits per heavy atom. The summed E-state index contributed by atoms with van der Waals surface area (Å²) in [5.41, 5.74) is 0.779. The first-order chi connectivity index (χ1) is 8.72. The third kappa shape index (κ3) is 2.78. The zero-order valence-corrected chi connectivity index (χ0v) is 11.7. The Kier molecular flexibility index (Phi) is 4.13. The van der Waals surface area contributed by atoms with E-state index in [1.807, 2.05) is 41.8 Å². The second kappa shape index (κ2) is 5.80. The van der Waals surface area contributed by atoms with E-state index in [-0.39, 0.29) is 5.91 Å². The number of amides is 1. The second-order valence-corrected chi connectivity index (χ2v) is 5.31. The fraction of sp³-hybridized carbons (Fsp3) is 0.0769. The quantitative estimate of drug-likeness (QED) is 0.940. The highest BCUT2D eigenvalue weighted by Gasteiger charge is 2.17. The minimum absolute atomic E-state index is 0.243. The first-order valence-electron chi connectivity index (χ1n) is 5.21. The summed E-state index contributed by atoms with van der Waals surface area (Å²) in [5.74, 6) is -0.243. The van der Waals surface area contributed by atoms with Gasteiger partial charge in [0.2, 0.25) is 0 Å². The number of nitrogens with one attached hydrogen (secondary N) is 1. The molecule has 0 spiro atoms. The summed E-state index contributed by atoms with van der Waals surface area (Å²) in [6, 6.07) is 12.5. The van der Waals surface area contributed by atoms with E-state index in [0.29, 0.717) is 4.88 Å². The fourth-order valence-electron chi connectivity index (χ4n) is 1.49. The minimum atomic E-state index is -0.632. The van der Waals surface area contributed by atoms with Gasteiger partial charge in [-0.05, 0) is 32.9 Å². The number of hydrogen-bond donors (Lipinski definition) is 1. The summed E-state index contributed by atoms with van der Waals surface area (Å²) in [7, 11) is 0. The van der Waals surface area contributed by atoms with E-state index in [9.17, 15) is 4.79 Å². The molecule has 3 nitrogen and oxygen atoms in total. The summed E-state index contributed by atoms with van der Waals surface area (Å²) in [6.07, 6.45) is 0. The molecule has 2 rings (SSSR count). The third-order valence-electron chi connectivity index (χ3n) is 2.36. The molecular weight excluding hydrogens is 312 g/mol. The van der Waals surface area contributed by atoms with E-state index >= 15 is 0 Å². The van der Waals surface area contributed by atoms with Crippen LogP contribution in [0.15, 0.2) is 46.3 Å². The lowest BCUT2D eigenvalue weighted by atomic mass is 10.1. The number of thiophene rings is 1. The van der Waals surface area contributed by atoms with Crippen molar-refractivity contribution in [2.24, 2.45) is 0 Å². The summed E-state index contributed by atoms with van der Waals surface area (Å²) in [4.78, 5) is 12.6. The molecule has 0 bridgehead atoms. The molecule has 0 radical (unpaired) electrons. The monoisotopic (exact) mass is 320 g/mol. The highest BCUT2D eigenvalue weighted by Crippen LogP contribution is 2.23. The van der Waals surface area contributed by atoms with Gasteiger partial charge in [-0.25, -0.2) is 0 Å². The third-order valence-corrected chi connectivity index (χ3v) is 4.20. The molecule has 1 amide bonds. The lowest BCUT2D eigenvalue weighted by Crippen LogP contribution is -2.27. The zero-order valence-electron chi connectivity index (χ0n) is 9.26. The van der Waals surface area contributed by atoms with Gasteiger partial charge in [0.05, 0.1) is 6.07 Å². The molecule has 1 heterocycles. The van der Waals surface area contributed by atoms with Gasteiger partial charge in [-0.3, -0.25) is 4.79 Å². The molecule has 5 heteroatoms. The van der Waals surface area contributed by atoms with Crippen molar-refractivity contribution in [1.82, 2.24) is 5.32 Å². The van der Waals surface area contributed by atoms with Crippen molar-refractivity contribution >= 4 is 33.2 Å². The predicted octanol–water partition coefficient (Wildman–Crippen LogP) is 3.51. The van der Waals surface area contributed by atoms with Crippen molar-refractivity contribution in [2.45, 2.75) is 6.04 Å². The number of halogens is 1. The molecule has 90 valence electrons. The van der Waals surface area contributed by atoms with Crippen LogP contribution >= 0.6 is 27.3 Å². The van der Waals surface area contributed by atoms with Crippen LogP contribution in [0, 0.1) is 11.3 Å². The van der Waals surface area contributed by atoms with Gasteiger partial charge in [-0.2, -0.15) is 5.26 Å². The van der Waals surface area contributed by atoms with Gasteiger partial charge in [0.25, 0.3) is 5.91 Å². The standard InChI is InChI=1S/C13H9BrN2OS/c14-10-6-7-18-12(10)13(17)16-11(8-15)9-4-2-1-3-5-9/h1-7,11H,(H,16,17). The van der Waals surface area contributed by atoms with Crippen LogP contribution in [0.25, 0.3) is 0 Å². The molecule has 1 aromatic carbocycles. The van der Waals surface area contributed by atoms with Crippen molar-refractivity contribution in [3.63, 3.8) is 0 Å². The number of carbonyl (C=O) groups is 1. The first kappa shape index (κ1) is 12.8. The van der Waals surface area contributed by atoms with Crippen molar-refractivity contribution < 1.29 is 4.79 Å². The number of carbonyl (C=O) groups excluding carboxylic acids is 1. The molecule has 18 heavy (non-hydrogen) atoms. The van der Waals surface area contributed by atoms with Crippen LogP contribution in [-0.2, 0) is 0 Å². The molecule has 0 aliphatic carbocycles. The van der Waals surface area contributed by atoms with Gasteiger partial charge in [-0.1, -0.05) is 30.3 Å².